The number of H-pyrrole nitrogens is 1. The summed E-state index contributed by atoms with van der Waals surface area (Å²) in [4.78, 5) is 19.3. The van der Waals surface area contributed by atoms with Gasteiger partial charge in [-0.15, -0.1) is 0 Å². The predicted molar refractivity (Wildman–Crippen MR) is 96.0 cm³/mol. The number of imidazole rings is 1. The Morgan fingerprint density at radius 1 is 1.12 bits per heavy atom. The monoisotopic (exact) mass is 335 g/mol. The smallest absolute Gasteiger partial charge is 0.226 e. The number of aromatic amines is 1. The second-order valence-corrected chi connectivity index (χ2v) is 6.42. The van der Waals surface area contributed by atoms with Gasteiger partial charge in [0.2, 0.25) is 5.95 Å². The van der Waals surface area contributed by atoms with Crippen LogP contribution in [0.5, 0.6) is 5.75 Å². The molecule has 0 bridgehead atoms. The summed E-state index contributed by atoms with van der Waals surface area (Å²) in [5.41, 5.74) is 5.40. The summed E-state index contributed by atoms with van der Waals surface area (Å²) >= 11 is 0. The van der Waals surface area contributed by atoms with Crippen molar-refractivity contribution in [3.8, 4) is 5.75 Å². The van der Waals surface area contributed by atoms with E-state index in [1.807, 2.05) is 32.0 Å². The van der Waals surface area contributed by atoms with E-state index in [1.54, 1.807) is 13.4 Å². The zero-order chi connectivity index (χ0) is 17.4. The quantitative estimate of drug-likeness (QED) is 0.797. The fourth-order valence-corrected chi connectivity index (χ4v) is 3.42. The van der Waals surface area contributed by atoms with Crippen LogP contribution in [-0.4, -0.2) is 33.6 Å². The van der Waals surface area contributed by atoms with Gasteiger partial charge in [0.15, 0.2) is 0 Å². The third kappa shape index (κ3) is 2.95. The van der Waals surface area contributed by atoms with Crippen LogP contribution < -0.4 is 9.64 Å². The van der Waals surface area contributed by atoms with Crippen LogP contribution in [0.3, 0.4) is 0 Å². The Hall–Kier alpha value is -2.89. The number of aromatic nitrogens is 4. The number of fused-ring (bicyclic) bond motifs is 1. The molecule has 6 heteroatoms. The molecule has 0 aliphatic carbocycles. The molecule has 0 radical (unpaired) electrons. The van der Waals surface area contributed by atoms with Gasteiger partial charge in [-0.2, -0.15) is 0 Å². The van der Waals surface area contributed by atoms with Gasteiger partial charge in [-0.3, -0.25) is 0 Å². The van der Waals surface area contributed by atoms with E-state index in [1.165, 1.54) is 5.56 Å². The molecule has 1 aliphatic heterocycles. The first kappa shape index (κ1) is 15.6. The largest absolute Gasteiger partial charge is 0.497 e. The van der Waals surface area contributed by atoms with Crippen molar-refractivity contribution in [3.63, 3.8) is 0 Å². The highest BCUT2D eigenvalue weighted by molar-refractivity contribution is 5.44. The molecule has 1 atom stereocenters. The minimum absolute atomic E-state index is 0.172. The third-order valence-electron chi connectivity index (χ3n) is 4.61. The van der Waals surface area contributed by atoms with E-state index in [2.05, 4.69) is 37.0 Å². The SMILES string of the molecule is COc1ccc(C2CN(c3nc(C)cc(C)n3)Cc3[nH]cnc32)cc1. The Morgan fingerprint density at radius 2 is 1.84 bits per heavy atom. The number of methoxy groups -OCH3 is 1. The second-order valence-electron chi connectivity index (χ2n) is 6.42. The highest BCUT2D eigenvalue weighted by Gasteiger charge is 2.30. The molecule has 0 spiro atoms. The molecule has 0 saturated carbocycles. The van der Waals surface area contributed by atoms with Gasteiger partial charge < -0.3 is 14.6 Å². The van der Waals surface area contributed by atoms with Crippen molar-refractivity contribution in [3.05, 3.63) is 65.0 Å². The van der Waals surface area contributed by atoms with Gasteiger partial charge in [0.25, 0.3) is 0 Å². The lowest BCUT2D eigenvalue weighted by atomic mass is 9.91. The molecule has 1 aromatic carbocycles. The lowest BCUT2D eigenvalue weighted by Gasteiger charge is -2.32. The minimum Gasteiger partial charge on any atom is -0.497 e. The maximum Gasteiger partial charge on any atom is 0.226 e. The van der Waals surface area contributed by atoms with Crippen molar-refractivity contribution in [2.75, 3.05) is 18.6 Å². The molecule has 0 amide bonds. The maximum atomic E-state index is 5.28. The van der Waals surface area contributed by atoms with Crippen LogP contribution in [0.4, 0.5) is 5.95 Å². The Morgan fingerprint density at radius 3 is 2.52 bits per heavy atom. The fraction of sp³-hybridized carbons (Fsp3) is 0.316. The maximum absolute atomic E-state index is 5.28. The number of aryl methyl sites for hydroxylation is 2. The summed E-state index contributed by atoms with van der Waals surface area (Å²) in [6.45, 7) is 5.55. The van der Waals surface area contributed by atoms with Crippen LogP contribution in [0.1, 0.15) is 34.3 Å². The van der Waals surface area contributed by atoms with E-state index in [-0.39, 0.29) is 5.92 Å². The topological polar surface area (TPSA) is 66.9 Å². The van der Waals surface area contributed by atoms with E-state index < -0.39 is 0 Å². The number of ether oxygens (including phenoxy) is 1. The number of rotatable bonds is 3. The van der Waals surface area contributed by atoms with Gasteiger partial charge in [0.1, 0.15) is 5.75 Å². The predicted octanol–water partition coefficient (Wildman–Crippen LogP) is 2.98. The number of hydrogen-bond acceptors (Lipinski definition) is 5. The van der Waals surface area contributed by atoms with Crippen molar-refractivity contribution in [1.82, 2.24) is 19.9 Å². The average Bonchev–Trinajstić information content (AvgIpc) is 3.09. The van der Waals surface area contributed by atoms with Gasteiger partial charge >= 0.3 is 0 Å². The van der Waals surface area contributed by atoms with E-state index in [0.29, 0.717) is 0 Å². The zero-order valence-electron chi connectivity index (χ0n) is 14.7. The molecule has 6 nitrogen and oxygen atoms in total. The highest BCUT2D eigenvalue weighted by atomic mass is 16.5. The molecule has 3 heterocycles. The number of nitrogens with one attached hydrogen (secondary N) is 1. The Balaban J connectivity index is 1.72. The first-order chi connectivity index (χ1) is 12.1. The third-order valence-corrected chi connectivity index (χ3v) is 4.61. The summed E-state index contributed by atoms with van der Waals surface area (Å²) in [6, 6.07) is 10.2. The van der Waals surface area contributed by atoms with Crippen LogP contribution in [0, 0.1) is 13.8 Å². The van der Waals surface area contributed by atoms with E-state index in [9.17, 15) is 0 Å². The molecular formula is C19H21N5O. The second kappa shape index (κ2) is 6.20. The van der Waals surface area contributed by atoms with Crippen molar-refractivity contribution < 1.29 is 4.74 Å². The lowest BCUT2D eigenvalue weighted by molar-refractivity contribution is 0.414. The summed E-state index contributed by atoms with van der Waals surface area (Å²) in [7, 11) is 1.68. The molecule has 0 fully saturated rings. The van der Waals surface area contributed by atoms with E-state index in [4.69, 9.17) is 4.74 Å². The first-order valence-corrected chi connectivity index (χ1v) is 8.37. The van der Waals surface area contributed by atoms with Gasteiger partial charge in [-0.05, 0) is 37.6 Å². The summed E-state index contributed by atoms with van der Waals surface area (Å²) < 4.78 is 5.28. The normalized spacial score (nSPS) is 16.6. The molecule has 0 saturated heterocycles. The van der Waals surface area contributed by atoms with Crippen molar-refractivity contribution >= 4 is 5.95 Å². The average molecular weight is 335 g/mol. The van der Waals surface area contributed by atoms with Gasteiger partial charge in [-0.1, -0.05) is 12.1 Å². The molecule has 1 unspecified atom stereocenters. The Bertz CT molecular complexity index is 867. The number of anilines is 1. The van der Waals surface area contributed by atoms with Crippen LogP contribution in [0.2, 0.25) is 0 Å². The number of benzene rings is 1. The molecule has 2 aromatic heterocycles. The van der Waals surface area contributed by atoms with Crippen LogP contribution in [0.25, 0.3) is 0 Å². The molecule has 128 valence electrons. The van der Waals surface area contributed by atoms with E-state index >= 15 is 0 Å². The van der Waals surface area contributed by atoms with Crippen molar-refractivity contribution in [1.29, 1.82) is 0 Å². The number of nitrogens with zero attached hydrogens (tertiary/aromatic N) is 4. The summed E-state index contributed by atoms with van der Waals surface area (Å²) in [5.74, 6) is 1.80. The molecule has 1 N–H and O–H groups in total. The Kier molecular flexibility index (Phi) is 3.87. The summed E-state index contributed by atoms with van der Waals surface area (Å²) in [6.07, 6.45) is 1.77. The van der Waals surface area contributed by atoms with Gasteiger partial charge in [0.05, 0.1) is 31.4 Å². The van der Waals surface area contributed by atoms with Gasteiger partial charge in [0, 0.05) is 23.9 Å². The number of hydrogen-bond donors (Lipinski definition) is 1. The van der Waals surface area contributed by atoms with E-state index in [0.717, 1.165) is 47.6 Å². The van der Waals surface area contributed by atoms with Crippen LogP contribution in [-0.2, 0) is 6.54 Å². The first-order valence-electron chi connectivity index (χ1n) is 8.37. The molecule has 4 rings (SSSR count). The summed E-state index contributed by atoms with van der Waals surface area (Å²) in [5, 5.41) is 0. The van der Waals surface area contributed by atoms with Crippen molar-refractivity contribution in [2.24, 2.45) is 0 Å². The molecular weight excluding hydrogens is 314 g/mol. The zero-order valence-corrected chi connectivity index (χ0v) is 14.7. The highest BCUT2D eigenvalue weighted by Crippen LogP contribution is 2.33. The minimum atomic E-state index is 0.172. The van der Waals surface area contributed by atoms with Gasteiger partial charge in [-0.25, -0.2) is 15.0 Å². The Labute approximate surface area is 146 Å². The molecule has 25 heavy (non-hydrogen) atoms. The standard InChI is InChI=1S/C19H21N5O/c1-12-8-13(2)23-19(22-12)24-9-16(18-17(10-24)20-11-21-18)14-4-6-15(25-3)7-5-14/h4-8,11,16H,9-10H2,1-3H3,(H,20,21). The van der Waals surface area contributed by atoms with Crippen molar-refractivity contribution in [2.45, 2.75) is 26.3 Å². The van der Waals surface area contributed by atoms with Crippen LogP contribution in [0.15, 0.2) is 36.7 Å². The molecule has 1 aliphatic rings. The fourth-order valence-electron chi connectivity index (χ4n) is 3.42. The molecule has 3 aromatic rings. The van der Waals surface area contributed by atoms with Crippen LogP contribution >= 0.6 is 0 Å². The lowest BCUT2D eigenvalue weighted by Crippen LogP contribution is -2.35.